The van der Waals surface area contributed by atoms with Gasteiger partial charge in [0.15, 0.2) is 0 Å². The average molecular weight is 213 g/mol. The highest BCUT2D eigenvalue weighted by Crippen LogP contribution is 2.03. The molecule has 5 nitrogen and oxygen atoms in total. The van der Waals surface area contributed by atoms with Gasteiger partial charge in [0.25, 0.3) is 0 Å². The molecule has 0 atom stereocenters. The first kappa shape index (κ1) is 10.2. The van der Waals surface area contributed by atoms with Gasteiger partial charge in [0.05, 0.1) is 0 Å². The second-order valence-electron chi connectivity index (χ2n) is 3.27. The largest absolute Gasteiger partial charge is 0.370 e. The molecule has 2 N–H and O–H groups in total. The maximum Gasteiger partial charge on any atom is 0.145 e. The quantitative estimate of drug-likeness (QED) is 0.803. The van der Waals surface area contributed by atoms with Gasteiger partial charge in [0.2, 0.25) is 0 Å². The number of rotatable bonds is 4. The molecule has 0 bridgehead atoms. The molecule has 0 aliphatic carbocycles. The number of nitrogens with zero attached hydrogens (tertiary/aromatic N) is 3. The zero-order chi connectivity index (χ0) is 11.2. The number of anilines is 1. The van der Waals surface area contributed by atoms with Crippen LogP contribution in [0.4, 0.5) is 5.82 Å². The van der Waals surface area contributed by atoms with E-state index in [-0.39, 0.29) is 0 Å². The van der Waals surface area contributed by atoms with E-state index in [9.17, 15) is 0 Å². The summed E-state index contributed by atoms with van der Waals surface area (Å²) in [5, 5.41) is 11.8. The standard InChI is InChI=1S/C11H11N5/c12-7-10-6-11(16-8-15-10)14-5-3-9-2-1-4-13-9/h1-2,4,6,8,13H,3,5H2,(H,14,15,16). The van der Waals surface area contributed by atoms with Crippen molar-refractivity contribution in [2.45, 2.75) is 6.42 Å². The fourth-order valence-corrected chi connectivity index (χ4v) is 1.36. The number of hydrogen-bond donors (Lipinski definition) is 2. The van der Waals surface area contributed by atoms with Crippen LogP contribution in [-0.4, -0.2) is 21.5 Å². The van der Waals surface area contributed by atoms with Crippen molar-refractivity contribution in [2.24, 2.45) is 0 Å². The van der Waals surface area contributed by atoms with Crippen LogP contribution in [0.3, 0.4) is 0 Å². The molecule has 16 heavy (non-hydrogen) atoms. The first-order chi connectivity index (χ1) is 7.88. The lowest BCUT2D eigenvalue weighted by Crippen LogP contribution is -2.06. The Bertz CT molecular complexity index is 483. The molecule has 0 aliphatic heterocycles. The number of hydrogen-bond acceptors (Lipinski definition) is 4. The van der Waals surface area contributed by atoms with Crippen molar-refractivity contribution in [3.8, 4) is 6.07 Å². The normalized spacial score (nSPS) is 9.69. The average Bonchev–Trinajstić information content (AvgIpc) is 2.82. The molecule has 2 aromatic heterocycles. The lowest BCUT2D eigenvalue weighted by molar-refractivity contribution is 0.963. The summed E-state index contributed by atoms with van der Waals surface area (Å²) in [4.78, 5) is 10.9. The fourth-order valence-electron chi connectivity index (χ4n) is 1.36. The highest BCUT2D eigenvalue weighted by Gasteiger charge is 1.97. The van der Waals surface area contributed by atoms with Gasteiger partial charge in [-0.1, -0.05) is 0 Å². The Hall–Kier alpha value is -2.35. The SMILES string of the molecule is N#Cc1cc(NCCc2ccc[nH]2)ncn1. The van der Waals surface area contributed by atoms with Crippen LogP contribution in [0.25, 0.3) is 0 Å². The van der Waals surface area contributed by atoms with Gasteiger partial charge in [0, 0.05) is 30.9 Å². The summed E-state index contributed by atoms with van der Waals surface area (Å²) in [7, 11) is 0. The summed E-state index contributed by atoms with van der Waals surface area (Å²) < 4.78 is 0. The van der Waals surface area contributed by atoms with Crippen molar-refractivity contribution in [2.75, 3.05) is 11.9 Å². The molecule has 2 heterocycles. The highest BCUT2D eigenvalue weighted by molar-refractivity contribution is 5.38. The van der Waals surface area contributed by atoms with E-state index in [0.29, 0.717) is 11.5 Å². The Balaban J connectivity index is 1.88. The summed E-state index contributed by atoms with van der Waals surface area (Å²) in [6, 6.07) is 7.60. The predicted molar refractivity (Wildman–Crippen MR) is 59.7 cm³/mol. The maximum absolute atomic E-state index is 8.66. The fraction of sp³-hybridized carbons (Fsp3) is 0.182. The van der Waals surface area contributed by atoms with E-state index in [1.807, 2.05) is 24.4 Å². The third-order valence-electron chi connectivity index (χ3n) is 2.14. The van der Waals surface area contributed by atoms with Gasteiger partial charge in [-0.2, -0.15) is 5.26 Å². The molecule has 0 saturated heterocycles. The van der Waals surface area contributed by atoms with Crippen molar-refractivity contribution in [1.82, 2.24) is 15.0 Å². The number of nitriles is 1. The Labute approximate surface area is 93.2 Å². The molecule has 2 aromatic rings. The van der Waals surface area contributed by atoms with Crippen LogP contribution >= 0.6 is 0 Å². The van der Waals surface area contributed by atoms with Crippen molar-refractivity contribution in [3.05, 3.63) is 42.1 Å². The minimum Gasteiger partial charge on any atom is -0.370 e. The van der Waals surface area contributed by atoms with E-state index >= 15 is 0 Å². The molecular formula is C11H11N5. The van der Waals surface area contributed by atoms with E-state index in [0.717, 1.165) is 13.0 Å². The van der Waals surface area contributed by atoms with Gasteiger partial charge < -0.3 is 10.3 Å². The van der Waals surface area contributed by atoms with Gasteiger partial charge in [-0.3, -0.25) is 0 Å². The first-order valence-corrected chi connectivity index (χ1v) is 4.97. The zero-order valence-electron chi connectivity index (χ0n) is 8.64. The van der Waals surface area contributed by atoms with Gasteiger partial charge in [-0.25, -0.2) is 9.97 Å². The number of H-pyrrole nitrogens is 1. The second kappa shape index (κ2) is 4.94. The van der Waals surface area contributed by atoms with Gasteiger partial charge in [0.1, 0.15) is 23.9 Å². The van der Waals surface area contributed by atoms with Gasteiger partial charge >= 0.3 is 0 Å². The zero-order valence-corrected chi connectivity index (χ0v) is 8.64. The molecule has 0 radical (unpaired) electrons. The van der Waals surface area contributed by atoms with Crippen LogP contribution in [0, 0.1) is 11.3 Å². The smallest absolute Gasteiger partial charge is 0.145 e. The minimum atomic E-state index is 0.373. The molecule has 0 fully saturated rings. The summed E-state index contributed by atoms with van der Waals surface area (Å²) in [6.45, 7) is 0.766. The Morgan fingerprint density at radius 1 is 1.44 bits per heavy atom. The van der Waals surface area contributed by atoms with E-state index < -0.39 is 0 Å². The summed E-state index contributed by atoms with van der Waals surface area (Å²) in [6.07, 6.45) is 4.17. The van der Waals surface area contributed by atoms with E-state index in [4.69, 9.17) is 5.26 Å². The third-order valence-corrected chi connectivity index (χ3v) is 2.14. The lowest BCUT2D eigenvalue weighted by Gasteiger charge is -2.03. The van der Waals surface area contributed by atoms with Crippen LogP contribution in [-0.2, 0) is 6.42 Å². The van der Waals surface area contributed by atoms with Crippen molar-refractivity contribution >= 4 is 5.82 Å². The monoisotopic (exact) mass is 213 g/mol. The van der Waals surface area contributed by atoms with E-state index in [2.05, 4.69) is 20.3 Å². The van der Waals surface area contributed by atoms with Gasteiger partial charge in [-0.05, 0) is 12.1 Å². The van der Waals surface area contributed by atoms with Crippen LogP contribution in [0.5, 0.6) is 0 Å². The molecule has 0 amide bonds. The van der Waals surface area contributed by atoms with Crippen LogP contribution in [0.2, 0.25) is 0 Å². The number of aromatic amines is 1. The molecular weight excluding hydrogens is 202 g/mol. The summed E-state index contributed by atoms with van der Waals surface area (Å²) in [5.41, 5.74) is 1.54. The summed E-state index contributed by atoms with van der Waals surface area (Å²) >= 11 is 0. The van der Waals surface area contributed by atoms with Crippen molar-refractivity contribution in [3.63, 3.8) is 0 Å². The molecule has 0 aromatic carbocycles. The Kier molecular flexibility index (Phi) is 3.14. The first-order valence-electron chi connectivity index (χ1n) is 4.97. The Morgan fingerprint density at radius 3 is 3.12 bits per heavy atom. The molecule has 0 unspecified atom stereocenters. The van der Waals surface area contributed by atoms with E-state index in [1.54, 1.807) is 6.07 Å². The number of aromatic nitrogens is 3. The molecule has 0 saturated carbocycles. The third kappa shape index (κ3) is 2.58. The Morgan fingerprint density at radius 2 is 2.38 bits per heavy atom. The molecule has 2 rings (SSSR count). The van der Waals surface area contributed by atoms with Crippen molar-refractivity contribution < 1.29 is 0 Å². The maximum atomic E-state index is 8.66. The minimum absolute atomic E-state index is 0.373. The predicted octanol–water partition coefficient (Wildman–Crippen LogP) is 1.33. The summed E-state index contributed by atoms with van der Waals surface area (Å²) in [5.74, 6) is 0.679. The second-order valence-corrected chi connectivity index (χ2v) is 3.27. The molecule has 0 spiro atoms. The molecule has 0 aliphatic rings. The van der Waals surface area contributed by atoms with Crippen LogP contribution < -0.4 is 5.32 Å². The van der Waals surface area contributed by atoms with Crippen molar-refractivity contribution in [1.29, 1.82) is 5.26 Å². The lowest BCUT2D eigenvalue weighted by atomic mass is 10.3. The van der Waals surface area contributed by atoms with E-state index in [1.165, 1.54) is 12.0 Å². The van der Waals surface area contributed by atoms with Crippen LogP contribution in [0.15, 0.2) is 30.7 Å². The highest BCUT2D eigenvalue weighted by atomic mass is 15.0. The topological polar surface area (TPSA) is 77.4 Å². The molecule has 80 valence electrons. The van der Waals surface area contributed by atoms with Gasteiger partial charge in [-0.15, -0.1) is 0 Å². The van der Waals surface area contributed by atoms with Crippen LogP contribution in [0.1, 0.15) is 11.4 Å². The molecule has 5 heteroatoms. The number of nitrogens with one attached hydrogen (secondary N) is 2.